The molecule has 0 aliphatic heterocycles. The average Bonchev–Trinajstić information content (AvgIpc) is 2.39. The van der Waals surface area contributed by atoms with E-state index in [0.717, 1.165) is 12.0 Å². The molecular formula is C14H17BO2. The smallest absolute Gasteiger partial charge is 0.426 e. The van der Waals surface area contributed by atoms with E-state index in [1.165, 1.54) is 5.56 Å². The highest BCUT2D eigenvalue weighted by Crippen LogP contribution is 2.43. The van der Waals surface area contributed by atoms with E-state index >= 15 is 0 Å². The van der Waals surface area contributed by atoms with Gasteiger partial charge >= 0.3 is 7.12 Å². The molecule has 2 rings (SSSR count). The van der Waals surface area contributed by atoms with Crippen LogP contribution >= 0.6 is 0 Å². The molecule has 1 aromatic rings. The van der Waals surface area contributed by atoms with Crippen LogP contribution in [0.2, 0.25) is 5.31 Å². The van der Waals surface area contributed by atoms with Crippen LogP contribution < -0.4 is 0 Å². The summed E-state index contributed by atoms with van der Waals surface area (Å²) in [5.74, 6) is 0. The zero-order valence-electron chi connectivity index (χ0n) is 10.0. The Bertz CT molecular complexity index is 437. The van der Waals surface area contributed by atoms with Crippen LogP contribution in [0.4, 0.5) is 0 Å². The van der Waals surface area contributed by atoms with Crippen LogP contribution in [0.3, 0.4) is 0 Å². The van der Waals surface area contributed by atoms with Gasteiger partial charge in [0, 0.05) is 5.31 Å². The van der Waals surface area contributed by atoms with Gasteiger partial charge in [-0.15, -0.1) is 0 Å². The predicted octanol–water partition coefficient (Wildman–Crippen LogP) is 2.65. The third-order valence-electron chi connectivity index (χ3n) is 3.58. The summed E-state index contributed by atoms with van der Waals surface area (Å²) >= 11 is 0. The number of hydrogen-bond acceptors (Lipinski definition) is 2. The first-order valence-corrected chi connectivity index (χ1v) is 5.99. The van der Waals surface area contributed by atoms with Crippen molar-refractivity contribution in [1.29, 1.82) is 0 Å². The summed E-state index contributed by atoms with van der Waals surface area (Å²) in [4.78, 5) is 0. The van der Waals surface area contributed by atoms with Gasteiger partial charge in [-0.05, 0) is 24.0 Å². The van der Waals surface area contributed by atoms with E-state index < -0.39 is 12.4 Å². The zero-order valence-corrected chi connectivity index (χ0v) is 10.0. The third kappa shape index (κ3) is 2.35. The number of benzene rings is 1. The third-order valence-corrected chi connectivity index (χ3v) is 3.58. The van der Waals surface area contributed by atoms with Gasteiger partial charge in [0.15, 0.2) is 0 Å². The monoisotopic (exact) mass is 228 g/mol. The number of allylic oxidation sites excluding steroid dienone is 4. The van der Waals surface area contributed by atoms with E-state index in [1.54, 1.807) is 0 Å². The quantitative estimate of drug-likeness (QED) is 0.780. The van der Waals surface area contributed by atoms with Crippen molar-refractivity contribution in [2.75, 3.05) is 0 Å². The largest absolute Gasteiger partial charge is 0.462 e. The van der Waals surface area contributed by atoms with Crippen LogP contribution in [0.1, 0.15) is 25.3 Å². The molecule has 0 aromatic heterocycles. The number of hydrogen-bond donors (Lipinski definition) is 2. The van der Waals surface area contributed by atoms with Crippen molar-refractivity contribution < 1.29 is 10.0 Å². The first kappa shape index (κ1) is 12.2. The van der Waals surface area contributed by atoms with E-state index in [4.69, 9.17) is 0 Å². The fourth-order valence-electron chi connectivity index (χ4n) is 2.17. The summed E-state index contributed by atoms with van der Waals surface area (Å²) in [5.41, 5.74) is 2.32. The normalized spacial score (nSPS) is 23.4. The molecule has 0 bridgehead atoms. The van der Waals surface area contributed by atoms with Crippen LogP contribution in [-0.4, -0.2) is 17.2 Å². The first-order valence-electron chi connectivity index (χ1n) is 5.99. The van der Waals surface area contributed by atoms with Crippen LogP contribution in [0.25, 0.3) is 5.57 Å². The topological polar surface area (TPSA) is 40.5 Å². The lowest BCUT2D eigenvalue weighted by molar-refractivity contribution is 0.353. The van der Waals surface area contributed by atoms with Crippen molar-refractivity contribution in [3.05, 3.63) is 54.1 Å². The van der Waals surface area contributed by atoms with Gasteiger partial charge in [-0.25, -0.2) is 0 Å². The van der Waals surface area contributed by atoms with Gasteiger partial charge < -0.3 is 10.0 Å². The highest BCUT2D eigenvalue weighted by atomic mass is 16.4. The summed E-state index contributed by atoms with van der Waals surface area (Å²) in [7, 11) is -1.29. The Morgan fingerprint density at radius 2 is 1.94 bits per heavy atom. The molecule has 17 heavy (non-hydrogen) atoms. The molecule has 0 fully saturated rings. The summed E-state index contributed by atoms with van der Waals surface area (Å²) in [6, 6.07) is 10.1. The van der Waals surface area contributed by atoms with E-state index in [-0.39, 0.29) is 0 Å². The molecule has 2 N–H and O–H groups in total. The fraction of sp³-hybridized carbons (Fsp3) is 0.286. The van der Waals surface area contributed by atoms with E-state index in [1.807, 2.05) is 37.3 Å². The zero-order chi connectivity index (χ0) is 12.3. The summed E-state index contributed by atoms with van der Waals surface area (Å²) in [5, 5.41) is 18.4. The second-order valence-corrected chi connectivity index (χ2v) is 4.52. The molecule has 0 radical (unpaired) electrons. The average molecular weight is 228 g/mol. The van der Waals surface area contributed by atoms with Crippen molar-refractivity contribution in [1.82, 2.24) is 0 Å². The van der Waals surface area contributed by atoms with Gasteiger partial charge in [-0.1, -0.05) is 55.5 Å². The molecule has 0 saturated heterocycles. The van der Waals surface area contributed by atoms with Crippen molar-refractivity contribution in [2.24, 2.45) is 0 Å². The maximum atomic E-state index is 9.46. The van der Waals surface area contributed by atoms with E-state index in [9.17, 15) is 10.0 Å². The van der Waals surface area contributed by atoms with Gasteiger partial charge in [-0.3, -0.25) is 0 Å². The second-order valence-electron chi connectivity index (χ2n) is 4.52. The molecular weight excluding hydrogens is 211 g/mol. The minimum atomic E-state index is -1.29. The first-order chi connectivity index (χ1) is 8.18. The predicted molar refractivity (Wildman–Crippen MR) is 71.4 cm³/mol. The molecule has 1 unspecified atom stereocenters. The Labute approximate surface area is 102 Å². The van der Waals surface area contributed by atoms with Crippen LogP contribution in [0.5, 0.6) is 0 Å². The van der Waals surface area contributed by atoms with Crippen molar-refractivity contribution in [2.45, 2.75) is 25.1 Å². The standard InChI is InChI=1S/C14H17BO2/c1-2-14(15(16)17)10-8-13(9-11-14)12-6-4-3-5-7-12/h3-10,16-17H,2,11H2,1H3. The molecule has 1 aliphatic rings. The molecule has 88 valence electrons. The summed E-state index contributed by atoms with van der Waals surface area (Å²) in [6.45, 7) is 1.98. The molecule has 0 heterocycles. The highest BCUT2D eigenvalue weighted by molar-refractivity contribution is 6.46. The minimum Gasteiger partial charge on any atom is -0.426 e. The van der Waals surface area contributed by atoms with Crippen molar-refractivity contribution in [3.8, 4) is 0 Å². The van der Waals surface area contributed by atoms with Gasteiger partial charge in [0.25, 0.3) is 0 Å². The van der Waals surface area contributed by atoms with Gasteiger partial charge in [0.05, 0.1) is 0 Å². The lowest BCUT2D eigenvalue weighted by atomic mass is 9.53. The van der Waals surface area contributed by atoms with Crippen LogP contribution in [0, 0.1) is 0 Å². The fourth-order valence-corrected chi connectivity index (χ4v) is 2.17. The molecule has 1 aliphatic carbocycles. The van der Waals surface area contributed by atoms with Gasteiger partial charge in [0.1, 0.15) is 0 Å². The highest BCUT2D eigenvalue weighted by Gasteiger charge is 2.38. The van der Waals surface area contributed by atoms with Gasteiger partial charge in [-0.2, -0.15) is 0 Å². The molecule has 0 spiro atoms. The Balaban J connectivity index is 2.22. The lowest BCUT2D eigenvalue weighted by Gasteiger charge is -2.30. The molecule has 2 nitrogen and oxygen atoms in total. The lowest BCUT2D eigenvalue weighted by Crippen LogP contribution is -2.31. The Morgan fingerprint density at radius 1 is 1.24 bits per heavy atom. The van der Waals surface area contributed by atoms with Crippen LogP contribution in [-0.2, 0) is 0 Å². The Morgan fingerprint density at radius 3 is 2.41 bits per heavy atom. The maximum absolute atomic E-state index is 9.46. The molecule has 1 atom stereocenters. The molecule has 1 aromatic carbocycles. The Kier molecular flexibility index (Phi) is 3.50. The van der Waals surface area contributed by atoms with E-state index in [2.05, 4.69) is 18.2 Å². The summed E-state index contributed by atoms with van der Waals surface area (Å²) < 4.78 is 0. The second kappa shape index (κ2) is 4.90. The Hall–Kier alpha value is -1.32. The van der Waals surface area contributed by atoms with E-state index in [0.29, 0.717) is 6.42 Å². The van der Waals surface area contributed by atoms with Crippen LogP contribution in [0.15, 0.2) is 48.6 Å². The molecule has 0 amide bonds. The maximum Gasteiger partial charge on any atom is 0.462 e. The minimum absolute atomic E-state index is 0.516. The van der Waals surface area contributed by atoms with Crippen molar-refractivity contribution in [3.63, 3.8) is 0 Å². The SMILES string of the molecule is CCC1(B(O)O)C=CC(c2ccccc2)=CC1. The molecule has 3 heteroatoms. The van der Waals surface area contributed by atoms with Crippen molar-refractivity contribution >= 4 is 12.7 Å². The molecule has 0 saturated carbocycles. The van der Waals surface area contributed by atoms with Gasteiger partial charge in [0.2, 0.25) is 0 Å². The summed E-state index contributed by atoms with van der Waals surface area (Å²) in [6.07, 6.45) is 7.39. The number of rotatable bonds is 3.